The highest BCUT2D eigenvalue weighted by Crippen LogP contribution is 2.29. The maximum absolute atomic E-state index is 13.6. The highest BCUT2D eigenvalue weighted by atomic mass is 79.9. The van der Waals surface area contributed by atoms with Crippen molar-refractivity contribution in [2.24, 2.45) is 0 Å². The number of hydrogen-bond acceptors (Lipinski definition) is 6. The Morgan fingerprint density at radius 3 is 2.05 bits per heavy atom. The van der Waals surface area contributed by atoms with Crippen LogP contribution in [0.2, 0.25) is 0 Å². The molecular weight excluding hydrogens is 340 g/mol. The van der Waals surface area contributed by atoms with Crippen LogP contribution in [0.3, 0.4) is 0 Å². The molecule has 0 amide bonds. The Balaban J connectivity index is 2.39. The molecule has 1 aromatic heterocycles. The fourth-order valence-corrected chi connectivity index (χ4v) is 1.66. The lowest BCUT2D eigenvalue weighted by atomic mass is 10.3. The van der Waals surface area contributed by atoms with Crippen LogP contribution in [0.1, 0.15) is 0 Å². The first-order chi connectivity index (χ1) is 9.53. The van der Waals surface area contributed by atoms with Crippen LogP contribution in [0, 0.1) is 11.6 Å². The fraction of sp³-hybridized carbons (Fsp3) is 0.182. The molecule has 106 valence electrons. The Hall–Kier alpha value is -2.03. The van der Waals surface area contributed by atoms with E-state index in [4.69, 9.17) is 14.2 Å². The predicted octanol–water partition coefficient (Wildman–Crippen LogP) is 2.72. The van der Waals surface area contributed by atoms with E-state index in [-0.39, 0.29) is 23.8 Å². The van der Waals surface area contributed by atoms with E-state index in [0.29, 0.717) is 4.47 Å². The summed E-state index contributed by atoms with van der Waals surface area (Å²) in [5.41, 5.74) is 0. The monoisotopic (exact) mass is 347 g/mol. The first-order valence-electron chi connectivity index (χ1n) is 5.20. The topological polar surface area (TPSA) is 66.4 Å². The van der Waals surface area contributed by atoms with Gasteiger partial charge < -0.3 is 14.2 Å². The van der Waals surface area contributed by atoms with Crippen molar-refractivity contribution in [2.75, 3.05) is 14.2 Å². The Morgan fingerprint density at radius 1 is 0.950 bits per heavy atom. The normalized spacial score (nSPS) is 10.2. The van der Waals surface area contributed by atoms with Crippen LogP contribution in [0.5, 0.6) is 23.8 Å². The van der Waals surface area contributed by atoms with Gasteiger partial charge in [0.05, 0.1) is 14.2 Å². The molecule has 2 rings (SSSR count). The van der Waals surface area contributed by atoms with Gasteiger partial charge >= 0.3 is 18.0 Å². The van der Waals surface area contributed by atoms with Gasteiger partial charge in [-0.15, -0.1) is 15.0 Å². The maximum atomic E-state index is 13.6. The molecule has 0 aliphatic rings. The third kappa shape index (κ3) is 3.10. The lowest BCUT2D eigenvalue weighted by Crippen LogP contribution is -2.02. The van der Waals surface area contributed by atoms with Gasteiger partial charge in [0.15, 0.2) is 11.6 Å². The van der Waals surface area contributed by atoms with E-state index in [1.165, 1.54) is 20.3 Å². The van der Waals surface area contributed by atoms with Crippen LogP contribution in [0.25, 0.3) is 0 Å². The third-order valence-electron chi connectivity index (χ3n) is 2.10. The summed E-state index contributed by atoms with van der Waals surface area (Å²) in [4.78, 5) is 11.2. The number of nitrogens with zero attached hydrogens (tertiary/aromatic N) is 3. The minimum Gasteiger partial charge on any atom is -0.467 e. The second-order valence-electron chi connectivity index (χ2n) is 3.39. The van der Waals surface area contributed by atoms with Crippen LogP contribution in [-0.4, -0.2) is 29.2 Å². The average Bonchev–Trinajstić information content (AvgIpc) is 2.43. The van der Waals surface area contributed by atoms with Crippen LogP contribution in [0.4, 0.5) is 8.78 Å². The van der Waals surface area contributed by atoms with Crippen molar-refractivity contribution in [1.82, 2.24) is 15.0 Å². The summed E-state index contributed by atoms with van der Waals surface area (Å²) in [5.74, 6) is -2.61. The molecule has 0 bridgehead atoms. The number of aromatic nitrogens is 3. The van der Waals surface area contributed by atoms with Gasteiger partial charge in [-0.2, -0.15) is 4.39 Å². The second-order valence-corrected chi connectivity index (χ2v) is 4.31. The van der Waals surface area contributed by atoms with Gasteiger partial charge in [0.2, 0.25) is 5.82 Å². The van der Waals surface area contributed by atoms with Gasteiger partial charge in [0.25, 0.3) is 0 Å². The van der Waals surface area contributed by atoms with E-state index in [2.05, 4.69) is 30.9 Å². The molecule has 20 heavy (non-hydrogen) atoms. The number of halogens is 3. The zero-order valence-electron chi connectivity index (χ0n) is 10.4. The second kappa shape index (κ2) is 5.95. The first-order valence-corrected chi connectivity index (χ1v) is 5.99. The van der Waals surface area contributed by atoms with Crippen molar-refractivity contribution in [3.8, 4) is 23.8 Å². The quantitative estimate of drug-likeness (QED) is 0.792. The van der Waals surface area contributed by atoms with E-state index < -0.39 is 11.6 Å². The minimum atomic E-state index is -1.16. The van der Waals surface area contributed by atoms with E-state index in [9.17, 15) is 8.78 Å². The summed E-state index contributed by atoms with van der Waals surface area (Å²) >= 11 is 3.03. The largest absolute Gasteiger partial charge is 0.467 e. The SMILES string of the molecule is COc1nc(OC)nc(Oc2cc(Br)cc(F)c2F)n1. The molecule has 0 spiro atoms. The predicted molar refractivity (Wildman–Crippen MR) is 67.1 cm³/mol. The van der Waals surface area contributed by atoms with Crippen molar-refractivity contribution in [2.45, 2.75) is 0 Å². The molecule has 1 heterocycles. The summed E-state index contributed by atoms with van der Waals surface area (Å²) in [6, 6.07) is 1.76. The van der Waals surface area contributed by atoms with E-state index in [1.54, 1.807) is 0 Å². The van der Waals surface area contributed by atoms with Gasteiger partial charge in [-0.05, 0) is 12.1 Å². The highest BCUT2D eigenvalue weighted by Gasteiger charge is 2.15. The average molecular weight is 348 g/mol. The zero-order chi connectivity index (χ0) is 14.7. The van der Waals surface area contributed by atoms with Gasteiger partial charge in [-0.1, -0.05) is 15.9 Å². The smallest absolute Gasteiger partial charge is 0.331 e. The Labute approximate surface area is 120 Å². The third-order valence-corrected chi connectivity index (χ3v) is 2.56. The van der Waals surface area contributed by atoms with Crippen LogP contribution in [-0.2, 0) is 0 Å². The number of benzene rings is 1. The van der Waals surface area contributed by atoms with Gasteiger partial charge in [0.1, 0.15) is 0 Å². The molecule has 0 aliphatic heterocycles. The maximum Gasteiger partial charge on any atom is 0.331 e. The molecule has 6 nitrogen and oxygen atoms in total. The molecule has 1 aromatic carbocycles. The van der Waals surface area contributed by atoms with Crippen LogP contribution < -0.4 is 14.2 Å². The van der Waals surface area contributed by atoms with Gasteiger partial charge in [-0.25, -0.2) is 4.39 Å². The Kier molecular flexibility index (Phi) is 4.28. The molecule has 0 radical (unpaired) electrons. The van der Waals surface area contributed by atoms with Crippen LogP contribution in [0.15, 0.2) is 16.6 Å². The number of rotatable bonds is 4. The van der Waals surface area contributed by atoms with Crippen LogP contribution >= 0.6 is 15.9 Å². The molecule has 0 aliphatic carbocycles. The van der Waals surface area contributed by atoms with Crippen molar-refractivity contribution in [3.05, 3.63) is 28.2 Å². The number of ether oxygens (including phenoxy) is 3. The van der Waals surface area contributed by atoms with Gasteiger partial charge in [0, 0.05) is 4.47 Å². The fourth-order valence-electron chi connectivity index (χ4n) is 1.25. The molecule has 2 aromatic rings. The van der Waals surface area contributed by atoms with Crippen molar-refractivity contribution in [1.29, 1.82) is 0 Å². The van der Waals surface area contributed by atoms with Crippen molar-refractivity contribution >= 4 is 15.9 Å². The number of methoxy groups -OCH3 is 2. The first kappa shape index (κ1) is 14.4. The van der Waals surface area contributed by atoms with E-state index >= 15 is 0 Å². The number of hydrogen-bond donors (Lipinski definition) is 0. The molecule has 0 atom stereocenters. The lowest BCUT2D eigenvalue weighted by molar-refractivity contribution is 0.315. The Morgan fingerprint density at radius 2 is 1.50 bits per heavy atom. The lowest BCUT2D eigenvalue weighted by Gasteiger charge is -2.08. The highest BCUT2D eigenvalue weighted by molar-refractivity contribution is 9.10. The summed E-state index contributed by atoms with van der Waals surface area (Å²) < 4.78 is 41.8. The van der Waals surface area contributed by atoms with E-state index in [1.807, 2.05) is 0 Å². The Bertz CT molecular complexity index is 620. The van der Waals surface area contributed by atoms with Crippen molar-refractivity contribution < 1.29 is 23.0 Å². The van der Waals surface area contributed by atoms with Crippen molar-refractivity contribution in [3.63, 3.8) is 0 Å². The van der Waals surface area contributed by atoms with E-state index in [0.717, 1.165) is 6.07 Å². The summed E-state index contributed by atoms with van der Waals surface area (Å²) in [7, 11) is 2.66. The standard InChI is InChI=1S/C11H8BrF2N3O3/c1-18-9-15-10(19-2)17-11(16-9)20-7-4-5(12)3-6(13)8(7)14/h3-4H,1-2H3. The zero-order valence-corrected chi connectivity index (χ0v) is 11.9. The minimum absolute atomic E-state index is 0.0808. The molecule has 0 N–H and O–H groups in total. The van der Waals surface area contributed by atoms with Gasteiger partial charge in [-0.3, -0.25) is 0 Å². The summed E-state index contributed by atoms with van der Waals surface area (Å²) in [5, 5.41) is 0. The molecule has 9 heteroatoms. The summed E-state index contributed by atoms with van der Waals surface area (Å²) in [6.45, 7) is 0. The molecule has 0 unspecified atom stereocenters. The molecular formula is C11H8BrF2N3O3. The molecule has 0 fully saturated rings. The molecule has 0 saturated carbocycles. The molecule has 0 saturated heterocycles. The summed E-state index contributed by atoms with van der Waals surface area (Å²) in [6.07, 6.45) is 0.